The lowest BCUT2D eigenvalue weighted by Crippen LogP contribution is -2.31. The second kappa shape index (κ2) is 9.40. The molecule has 0 atom stereocenters. The molecule has 0 unspecified atom stereocenters. The molecule has 0 bridgehead atoms. The lowest BCUT2D eigenvalue weighted by Gasteiger charge is -2.19. The minimum absolute atomic E-state index is 0. The molecule has 0 aromatic heterocycles. The molecule has 0 amide bonds. The summed E-state index contributed by atoms with van der Waals surface area (Å²) in [5, 5.41) is 3.40. The smallest absolute Gasteiger partial charge is 0.0593 e. The molecule has 1 aliphatic rings. The van der Waals surface area contributed by atoms with Gasteiger partial charge in [-0.2, -0.15) is 0 Å². The topological polar surface area (TPSA) is 24.5 Å². The molecule has 15 heavy (non-hydrogen) atoms. The monoisotopic (exact) mass is 236 g/mol. The van der Waals surface area contributed by atoms with E-state index in [1.54, 1.807) is 0 Å². The lowest BCUT2D eigenvalue weighted by molar-refractivity contribution is 0.0871. The molecule has 0 aromatic carbocycles. The number of hydrogen-bond acceptors (Lipinski definition) is 3. The van der Waals surface area contributed by atoms with Gasteiger partial charge in [0.05, 0.1) is 6.61 Å². The van der Waals surface area contributed by atoms with Crippen molar-refractivity contribution in [2.24, 2.45) is 5.92 Å². The first kappa shape index (κ1) is 15.2. The van der Waals surface area contributed by atoms with Crippen molar-refractivity contribution in [3.63, 3.8) is 0 Å². The number of hydrogen-bond donors (Lipinski definition) is 1. The fourth-order valence-electron chi connectivity index (χ4n) is 1.64. The first-order chi connectivity index (χ1) is 6.79. The second-order valence-electron chi connectivity index (χ2n) is 4.41. The van der Waals surface area contributed by atoms with Crippen LogP contribution in [0.2, 0.25) is 0 Å². The number of rotatable bonds is 5. The molecule has 1 rings (SSSR count). The summed E-state index contributed by atoms with van der Waals surface area (Å²) in [6, 6.07) is 0. The molecule has 0 aliphatic carbocycles. The van der Waals surface area contributed by atoms with Crippen LogP contribution in [-0.4, -0.2) is 50.8 Å². The molecule has 1 N–H and O–H groups in total. The Hall–Kier alpha value is 0.170. The summed E-state index contributed by atoms with van der Waals surface area (Å²) < 4.78 is 5.58. The van der Waals surface area contributed by atoms with Crippen molar-refractivity contribution in [3.05, 3.63) is 0 Å². The van der Waals surface area contributed by atoms with E-state index in [2.05, 4.69) is 24.1 Å². The van der Waals surface area contributed by atoms with E-state index in [9.17, 15) is 0 Å². The summed E-state index contributed by atoms with van der Waals surface area (Å²) in [6.07, 6.45) is 1.27. The summed E-state index contributed by atoms with van der Waals surface area (Å²) in [6.45, 7) is 11.9. The number of nitrogens with one attached hydrogen (secondary N) is 1. The maximum Gasteiger partial charge on any atom is 0.0593 e. The zero-order valence-electron chi connectivity index (χ0n) is 10.00. The van der Waals surface area contributed by atoms with Crippen LogP contribution in [-0.2, 0) is 4.74 Å². The minimum atomic E-state index is 0. The lowest BCUT2D eigenvalue weighted by atomic mass is 10.2. The molecule has 0 spiro atoms. The van der Waals surface area contributed by atoms with E-state index in [0.29, 0.717) is 5.92 Å². The highest BCUT2D eigenvalue weighted by atomic mass is 35.5. The number of halogens is 1. The fourth-order valence-corrected chi connectivity index (χ4v) is 1.64. The Morgan fingerprint density at radius 1 is 1.27 bits per heavy atom. The Bertz CT molecular complexity index is 137. The van der Waals surface area contributed by atoms with Crippen molar-refractivity contribution >= 4 is 12.4 Å². The summed E-state index contributed by atoms with van der Waals surface area (Å²) >= 11 is 0. The molecule has 0 saturated carbocycles. The van der Waals surface area contributed by atoms with E-state index in [1.165, 1.54) is 26.1 Å². The molecule has 92 valence electrons. The van der Waals surface area contributed by atoms with Crippen LogP contribution in [0, 0.1) is 5.92 Å². The third kappa shape index (κ3) is 8.03. The van der Waals surface area contributed by atoms with Crippen molar-refractivity contribution in [2.45, 2.75) is 20.3 Å². The average molecular weight is 237 g/mol. The molecule has 0 aromatic rings. The van der Waals surface area contributed by atoms with Crippen molar-refractivity contribution in [3.8, 4) is 0 Å². The zero-order valence-corrected chi connectivity index (χ0v) is 10.8. The Kier molecular flexibility index (Phi) is 9.51. The van der Waals surface area contributed by atoms with Gasteiger partial charge in [-0.1, -0.05) is 13.8 Å². The summed E-state index contributed by atoms with van der Waals surface area (Å²) in [5.41, 5.74) is 0. The van der Waals surface area contributed by atoms with Crippen molar-refractivity contribution in [1.29, 1.82) is 0 Å². The molecule has 1 heterocycles. The van der Waals surface area contributed by atoms with Crippen LogP contribution in [0.5, 0.6) is 0 Å². The van der Waals surface area contributed by atoms with Crippen molar-refractivity contribution < 1.29 is 4.74 Å². The Labute approximate surface area is 100.0 Å². The predicted octanol–water partition coefficient (Wildman–Crippen LogP) is 1.38. The van der Waals surface area contributed by atoms with Gasteiger partial charge in [-0.3, -0.25) is 4.90 Å². The fraction of sp³-hybridized carbons (Fsp3) is 1.00. The van der Waals surface area contributed by atoms with E-state index >= 15 is 0 Å². The molecule has 3 nitrogen and oxygen atoms in total. The normalized spacial score (nSPS) is 18.6. The quantitative estimate of drug-likeness (QED) is 0.730. The minimum Gasteiger partial charge on any atom is -0.380 e. The van der Waals surface area contributed by atoms with Crippen molar-refractivity contribution in [1.82, 2.24) is 10.2 Å². The molecule has 1 saturated heterocycles. The maximum absolute atomic E-state index is 5.58. The van der Waals surface area contributed by atoms with Crippen LogP contribution in [0.4, 0.5) is 0 Å². The van der Waals surface area contributed by atoms with Crippen LogP contribution in [0.3, 0.4) is 0 Å². The average Bonchev–Trinajstić information content (AvgIpc) is 2.40. The standard InChI is InChI=1S/C11H24N2O.ClH/c1-11(2)10-14-9-8-13-6-3-4-12-5-7-13;/h11-12H,3-10H2,1-2H3;1H. The van der Waals surface area contributed by atoms with Gasteiger partial charge in [0.2, 0.25) is 0 Å². The van der Waals surface area contributed by atoms with Gasteiger partial charge in [0.1, 0.15) is 0 Å². The molecular formula is C11H25ClN2O. The number of ether oxygens (including phenoxy) is 1. The van der Waals surface area contributed by atoms with Gasteiger partial charge in [-0.05, 0) is 25.4 Å². The highest BCUT2D eigenvalue weighted by Gasteiger charge is 2.07. The van der Waals surface area contributed by atoms with E-state index in [1.807, 2.05) is 0 Å². The van der Waals surface area contributed by atoms with Crippen LogP contribution in [0.15, 0.2) is 0 Å². The van der Waals surface area contributed by atoms with E-state index in [-0.39, 0.29) is 12.4 Å². The van der Waals surface area contributed by atoms with Crippen LogP contribution < -0.4 is 5.32 Å². The van der Waals surface area contributed by atoms with Gasteiger partial charge in [0.15, 0.2) is 0 Å². The zero-order chi connectivity index (χ0) is 10.2. The maximum atomic E-state index is 5.58. The molecule has 0 radical (unpaired) electrons. The van der Waals surface area contributed by atoms with Gasteiger partial charge in [0, 0.05) is 26.2 Å². The summed E-state index contributed by atoms with van der Waals surface area (Å²) in [7, 11) is 0. The first-order valence-electron chi connectivity index (χ1n) is 5.80. The van der Waals surface area contributed by atoms with Crippen LogP contribution in [0.1, 0.15) is 20.3 Å². The highest BCUT2D eigenvalue weighted by Crippen LogP contribution is 1.96. The van der Waals surface area contributed by atoms with Gasteiger partial charge in [-0.25, -0.2) is 0 Å². The molecular weight excluding hydrogens is 212 g/mol. The second-order valence-corrected chi connectivity index (χ2v) is 4.41. The van der Waals surface area contributed by atoms with Gasteiger partial charge in [-0.15, -0.1) is 12.4 Å². The third-order valence-corrected chi connectivity index (χ3v) is 2.44. The molecule has 4 heteroatoms. The Morgan fingerprint density at radius 3 is 2.80 bits per heavy atom. The first-order valence-corrected chi connectivity index (χ1v) is 5.80. The molecule has 1 fully saturated rings. The summed E-state index contributed by atoms with van der Waals surface area (Å²) in [4.78, 5) is 2.49. The van der Waals surface area contributed by atoms with Crippen LogP contribution >= 0.6 is 12.4 Å². The van der Waals surface area contributed by atoms with E-state index < -0.39 is 0 Å². The SMILES string of the molecule is CC(C)COCCN1CCCNCC1.Cl. The third-order valence-electron chi connectivity index (χ3n) is 2.44. The van der Waals surface area contributed by atoms with Crippen LogP contribution in [0.25, 0.3) is 0 Å². The highest BCUT2D eigenvalue weighted by molar-refractivity contribution is 5.85. The largest absolute Gasteiger partial charge is 0.380 e. The summed E-state index contributed by atoms with van der Waals surface area (Å²) in [5.74, 6) is 0.654. The van der Waals surface area contributed by atoms with Gasteiger partial charge >= 0.3 is 0 Å². The van der Waals surface area contributed by atoms with E-state index in [4.69, 9.17) is 4.74 Å². The van der Waals surface area contributed by atoms with Crippen molar-refractivity contribution in [2.75, 3.05) is 45.9 Å². The number of nitrogens with zero attached hydrogens (tertiary/aromatic N) is 1. The van der Waals surface area contributed by atoms with Gasteiger partial charge in [0.25, 0.3) is 0 Å². The van der Waals surface area contributed by atoms with E-state index in [0.717, 1.165) is 26.3 Å². The van der Waals surface area contributed by atoms with Gasteiger partial charge < -0.3 is 10.1 Å². The Morgan fingerprint density at radius 2 is 2.07 bits per heavy atom. The Balaban J connectivity index is 0.00000196. The predicted molar refractivity (Wildman–Crippen MR) is 66.8 cm³/mol. The molecule has 1 aliphatic heterocycles.